The van der Waals surface area contributed by atoms with Gasteiger partial charge in [0, 0.05) is 56.4 Å². The molecule has 0 radical (unpaired) electrons. The summed E-state index contributed by atoms with van der Waals surface area (Å²) in [7, 11) is 12.1. The third-order valence-corrected chi connectivity index (χ3v) is 6.40. The Labute approximate surface area is 230 Å². The molecule has 0 aliphatic carbocycles. The van der Waals surface area contributed by atoms with E-state index < -0.39 is 0 Å². The van der Waals surface area contributed by atoms with E-state index in [-0.39, 0.29) is 17.0 Å². The van der Waals surface area contributed by atoms with Crippen molar-refractivity contribution < 1.29 is 24.9 Å². The van der Waals surface area contributed by atoms with Crippen molar-refractivity contribution in [2.24, 2.45) is 14.1 Å². The minimum atomic E-state index is 0. The number of halogens is 3. The molecule has 2 aromatic heterocycles. The predicted octanol–water partition coefficient (Wildman–Crippen LogP) is 2.10. The molecule has 0 bridgehead atoms. The van der Waals surface area contributed by atoms with Crippen LogP contribution in [0.2, 0.25) is 0 Å². The van der Waals surface area contributed by atoms with E-state index in [0.717, 1.165) is 33.0 Å². The molecule has 0 aliphatic heterocycles. The minimum Gasteiger partial charge on any atom is -1.00 e. The highest BCUT2D eigenvalue weighted by Crippen LogP contribution is 2.20. The van der Waals surface area contributed by atoms with Crippen LogP contribution in [0, 0.1) is 0 Å². The summed E-state index contributed by atoms with van der Waals surface area (Å²) in [5.41, 5.74) is 2.31. The van der Waals surface area contributed by atoms with Gasteiger partial charge in [-0.15, -0.1) is 0 Å². The van der Waals surface area contributed by atoms with Crippen molar-refractivity contribution in [2.45, 2.75) is 0 Å². The van der Waals surface area contributed by atoms with Gasteiger partial charge in [-0.3, -0.25) is 0 Å². The van der Waals surface area contributed by atoms with Crippen LogP contribution in [0.4, 0.5) is 10.3 Å². The fraction of sp³-hybridized carbons (Fsp3) is 0.273. The van der Waals surface area contributed by atoms with E-state index in [1.54, 1.807) is 23.1 Å². The summed E-state index contributed by atoms with van der Waals surface area (Å²) < 4.78 is 4.18. The quantitative estimate of drug-likeness (QED) is 0.310. The molecular formula is C22H28Br3N6S2+. The van der Waals surface area contributed by atoms with Crippen molar-refractivity contribution in [1.29, 1.82) is 0 Å². The minimum absolute atomic E-state index is 0. The van der Waals surface area contributed by atoms with Gasteiger partial charge in [-0.2, -0.15) is 7.91 Å². The highest BCUT2D eigenvalue weighted by atomic mass is 80.9. The number of anilines is 2. The summed E-state index contributed by atoms with van der Waals surface area (Å²) in [6, 6.07) is 20.5. The van der Waals surface area contributed by atoms with Gasteiger partial charge >= 0.3 is 21.9 Å². The first-order chi connectivity index (χ1) is 15.4. The normalized spacial score (nSPS) is 9.58. The second kappa shape index (κ2) is 14.8. The number of benzene rings is 2. The Morgan fingerprint density at radius 2 is 0.939 bits per heavy atom. The second-order valence-electron chi connectivity index (χ2n) is 7.13. The van der Waals surface area contributed by atoms with Crippen molar-refractivity contribution in [3.8, 4) is 22.8 Å². The standard InChI is InChI=1S/2C11H14N3S.Br2.BrH/c2*1-13(2)11-12-10(14(3)15-11)9-7-5-4-6-8-9;1-2;/h2*4-8H,1-3H3;;1H/q2*+1;;/p-1. The molecule has 0 N–H and O–H groups in total. The third-order valence-electron chi connectivity index (χ3n) is 4.27. The van der Waals surface area contributed by atoms with Crippen LogP contribution >= 0.6 is 51.3 Å². The number of hydrogen-bond donors (Lipinski definition) is 0. The van der Waals surface area contributed by atoms with E-state index >= 15 is 0 Å². The summed E-state index contributed by atoms with van der Waals surface area (Å²) in [5, 5.41) is 2.05. The molecule has 0 aliphatic rings. The molecule has 0 atom stereocenters. The number of aryl methyl sites for hydroxylation is 2. The van der Waals surface area contributed by atoms with Gasteiger partial charge in [0.25, 0.3) is 0 Å². The van der Waals surface area contributed by atoms with Crippen molar-refractivity contribution in [1.82, 2.24) is 9.97 Å². The van der Waals surface area contributed by atoms with E-state index in [1.807, 2.05) is 88.5 Å². The maximum atomic E-state index is 4.59. The smallest absolute Gasteiger partial charge is 0.345 e. The number of hydrogen-bond acceptors (Lipinski definition) is 6. The topological polar surface area (TPSA) is 40.0 Å². The number of nitrogens with zero attached hydrogens (tertiary/aromatic N) is 6. The van der Waals surface area contributed by atoms with E-state index in [9.17, 15) is 0 Å². The SMILES string of the molecule is BrBr.CN(C)c1nc(-c2ccccc2)[n+](C)s1.CN(C)c1nc(-c2ccccc2)[n+](C)s1.[Br-]. The molecule has 4 rings (SSSR count). The number of rotatable bonds is 4. The zero-order valence-corrected chi connectivity index (χ0v) is 25.8. The molecule has 33 heavy (non-hydrogen) atoms. The maximum absolute atomic E-state index is 4.59. The van der Waals surface area contributed by atoms with Crippen molar-refractivity contribution in [3.05, 3.63) is 60.7 Å². The Morgan fingerprint density at radius 3 is 1.18 bits per heavy atom. The van der Waals surface area contributed by atoms with Crippen LogP contribution in [0.5, 0.6) is 0 Å². The Kier molecular flexibility index (Phi) is 13.3. The lowest BCUT2D eigenvalue weighted by atomic mass is 10.2. The van der Waals surface area contributed by atoms with Crippen molar-refractivity contribution in [2.75, 3.05) is 38.0 Å². The Balaban J connectivity index is 0.000000299. The Bertz CT molecular complexity index is 998. The summed E-state index contributed by atoms with van der Waals surface area (Å²) in [6.07, 6.45) is 0. The molecular weight excluding hydrogens is 652 g/mol. The average molecular weight is 680 g/mol. The van der Waals surface area contributed by atoms with E-state index in [0.29, 0.717) is 0 Å². The lowest BCUT2D eigenvalue weighted by molar-refractivity contribution is -0.591. The van der Waals surface area contributed by atoms with Crippen LogP contribution in [0.25, 0.3) is 22.8 Å². The first-order valence-electron chi connectivity index (χ1n) is 9.71. The lowest BCUT2D eigenvalue weighted by Gasteiger charge is -1.98. The van der Waals surface area contributed by atoms with Gasteiger partial charge in [-0.1, -0.05) is 36.4 Å². The summed E-state index contributed by atoms with van der Waals surface area (Å²) in [5.74, 6) is 2.04. The molecule has 0 saturated carbocycles. The van der Waals surface area contributed by atoms with Gasteiger partial charge in [-0.25, -0.2) is 0 Å². The predicted molar refractivity (Wildman–Crippen MR) is 144 cm³/mol. The molecule has 178 valence electrons. The molecule has 0 fully saturated rings. The summed E-state index contributed by atoms with van der Waals surface area (Å²) in [4.78, 5) is 13.2. The highest BCUT2D eigenvalue weighted by molar-refractivity contribution is 9.93. The monoisotopic (exact) mass is 677 g/mol. The molecule has 2 aromatic carbocycles. The van der Waals surface area contributed by atoms with Crippen LogP contribution in [-0.2, 0) is 14.1 Å². The Hall–Kier alpha value is -1.40. The third kappa shape index (κ3) is 8.40. The number of aromatic nitrogens is 4. The van der Waals surface area contributed by atoms with Crippen LogP contribution in [0.3, 0.4) is 0 Å². The molecule has 0 amide bonds. The van der Waals surface area contributed by atoms with Gasteiger partial charge < -0.3 is 26.8 Å². The molecule has 0 spiro atoms. The van der Waals surface area contributed by atoms with Gasteiger partial charge in [0.2, 0.25) is 0 Å². The largest absolute Gasteiger partial charge is 1.00 e. The van der Waals surface area contributed by atoms with Crippen LogP contribution in [-0.4, -0.2) is 38.2 Å². The van der Waals surface area contributed by atoms with Gasteiger partial charge in [0.1, 0.15) is 23.1 Å². The molecule has 11 heteroatoms. The van der Waals surface area contributed by atoms with E-state index in [4.69, 9.17) is 0 Å². The molecule has 0 saturated heterocycles. The van der Waals surface area contributed by atoms with Gasteiger partial charge in [-0.05, 0) is 34.2 Å². The first-order valence-corrected chi connectivity index (χ1v) is 15.0. The van der Waals surface area contributed by atoms with Crippen molar-refractivity contribution in [3.63, 3.8) is 0 Å². The zero-order chi connectivity index (χ0) is 23.7. The van der Waals surface area contributed by atoms with Crippen LogP contribution in [0.1, 0.15) is 0 Å². The van der Waals surface area contributed by atoms with Crippen molar-refractivity contribution >= 4 is 61.6 Å². The van der Waals surface area contributed by atoms with E-state index in [2.05, 4.69) is 70.4 Å². The van der Waals surface area contributed by atoms with Gasteiger partial charge in [0.15, 0.2) is 0 Å². The Morgan fingerprint density at radius 1 is 0.636 bits per heavy atom. The lowest BCUT2D eigenvalue weighted by Crippen LogP contribution is -3.00. The van der Waals surface area contributed by atoms with E-state index in [1.165, 1.54) is 0 Å². The molecule has 0 unspecified atom stereocenters. The summed E-state index contributed by atoms with van der Waals surface area (Å²) >= 11 is 8.80. The molecule has 2 heterocycles. The van der Waals surface area contributed by atoms with Gasteiger partial charge in [0.05, 0.1) is 25.2 Å². The highest BCUT2D eigenvalue weighted by Gasteiger charge is 2.21. The van der Waals surface area contributed by atoms with Crippen LogP contribution < -0.4 is 34.7 Å². The fourth-order valence-electron chi connectivity index (χ4n) is 2.72. The average Bonchev–Trinajstić information content (AvgIpc) is 3.40. The first kappa shape index (κ1) is 29.6. The maximum Gasteiger partial charge on any atom is 0.345 e. The zero-order valence-electron chi connectivity index (χ0n) is 19.4. The second-order valence-corrected chi connectivity index (χ2v) is 9.33. The fourth-order valence-corrected chi connectivity index (χ4v) is 4.26. The molecule has 4 aromatic rings. The van der Waals surface area contributed by atoms with Crippen LogP contribution in [0.15, 0.2) is 60.7 Å². The molecule has 6 nitrogen and oxygen atoms in total. The summed E-state index contributed by atoms with van der Waals surface area (Å²) in [6.45, 7) is 0.